The predicted molar refractivity (Wildman–Crippen MR) is 85.9 cm³/mol. The Labute approximate surface area is 137 Å². The lowest BCUT2D eigenvalue weighted by Gasteiger charge is -2.44. The second-order valence-corrected chi connectivity index (χ2v) is 8.89. The topological polar surface area (TPSA) is 55.8 Å². The van der Waals surface area contributed by atoms with Crippen molar-refractivity contribution in [3.63, 3.8) is 0 Å². The summed E-state index contributed by atoms with van der Waals surface area (Å²) in [4.78, 5) is 0.253. The fraction of sp³-hybridized carbons (Fsp3) is 0.647. The van der Waals surface area contributed by atoms with E-state index in [-0.39, 0.29) is 10.5 Å². The zero-order valence-corrected chi connectivity index (χ0v) is 14.2. The summed E-state index contributed by atoms with van der Waals surface area (Å²) in [6.45, 7) is 1.38. The average Bonchev–Trinajstić information content (AvgIpc) is 3.15. The van der Waals surface area contributed by atoms with Gasteiger partial charge in [0.2, 0.25) is 10.0 Å². The maximum Gasteiger partial charge on any atom is 0.246 e. The Hall–Kier alpha value is -1.11. The van der Waals surface area contributed by atoms with Crippen LogP contribution in [0.4, 0.5) is 0 Å². The molecule has 2 bridgehead atoms. The zero-order valence-electron chi connectivity index (χ0n) is 13.4. The van der Waals surface area contributed by atoms with Gasteiger partial charge in [0.25, 0.3) is 0 Å². The first kappa shape index (κ1) is 15.4. The van der Waals surface area contributed by atoms with Gasteiger partial charge < -0.3 is 9.47 Å². The smallest absolute Gasteiger partial charge is 0.246 e. The van der Waals surface area contributed by atoms with Crippen molar-refractivity contribution in [3.8, 4) is 5.75 Å². The summed E-state index contributed by atoms with van der Waals surface area (Å²) in [6, 6.07) is 6.84. The Morgan fingerprint density at radius 3 is 2.83 bits per heavy atom. The molecule has 126 valence electrons. The highest BCUT2D eigenvalue weighted by Crippen LogP contribution is 2.54. The molecule has 0 N–H and O–H groups in total. The third kappa shape index (κ3) is 2.39. The normalized spacial score (nSPS) is 34.1. The number of para-hydroxylation sites is 1. The monoisotopic (exact) mass is 337 g/mol. The molecule has 1 aliphatic heterocycles. The molecule has 0 amide bonds. The molecule has 0 aromatic heterocycles. The fourth-order valence-corrected chi connectivity index (χ4v) is 6.35. The maximum atomic E-state index is 13.1. The van der Waals surface area contributed by atoms with E-state index in [0.29, 0.717) is 37.3 Å². The number of nitrogens with zero attached hydrogens (tertiary/aromatic N) is 1. The summed E-state index contributed by atoms with van der Waals surface area (Å²) < 4.78 is 39.2. The number of hydrogen-bond donors (Lipinski definition) is 0. The van der Waals surface area contributed by atoms with Crippen molar-refractivity contribution in [1.29, 1.82) is 0 Å². The molecule has 0 radical (unpaired) electrons. The van der Waals surface area contributed by atoms with Gasteiger partial charge in [-0.05, 0) is 49.7 Å². The van der Waals surface area contributed by atoms with E-state index < -0.39 is 10.0 Å². The molecule has 3 aliphatic rings. The molecule has 1 aromatic rings. The number of benzene rings is 1. The van der Waals surface area contributed by atoms with Gasteiger partial charge in [-0.15, -0.1) is 0 Å². The molecule has 5 nitrogen and oxygen atoms in total. The molecule has 3 unspecified atom stereocenters. The van der Waals surface area contributed by atoms with Crippen LogP contribution >= 0.6 is 0 Å². The molecule has 3 atom stereocenters. The van der Waals surface area contributed by atoms with E-state index in [1.165, 1.54) is 26.4 Å². The van der Waals surface area contributed by atoms with Crippen LogP contribution in [0.1, 0.15) is 25.7 Å². The van der Waals surface area contributed by atoms with Crippen LogP contribution in [0.2, 0.25) is 0 Å². The molecular formula is C17H23NO4S. The Bertz CT molecular complexity index is 704. The minimum atomic E-state index is -3.56. The third-order valence-corrected chi connectivity index (χ3v) is 7.67. The molecule has 2 saturated carbocycles. The Morgan fingerprint density at radius 2 is 2.13 bits per heavy atom. The van der Waals surface area contributed by atoms with Gasteiger partial charge in [-0.2, -0.15) is 4.31 Å². The number of rotatable bonds is 3. The number of hydrogen-bond acceptors (Lipinski definition) is 4. The summed E-state index contributed by atoms with van der Waals surface area (Å²) in [5.41, 5.74) is -0.254. The van der Waals surface area contributed by atoms with E-state index in [2.05, 4.69) is 0 Å². The number of sulfonamides is 1. The quantitative estimate of drug-likeness (QED) is 0.849. The van der Waals surface area contributed by atoms with Gasteiger partial charge in [-0.3, -0.25) is 0 Å². The van der Waals surface area contributed by atoms with Crippen LogP contribution in [0.25, 0.3) is 0 Å². The van der Waals surface area contributed by atoms with E-state index in [1.807, 2.05) is 0 Å². The zero-order chi connectivity index (χ0) is 16.1. The highest BCUT2D eigenvalue weighted by Gasteiger charge is 2.55. The lowest BCUT2D eigenvalue weighted by molar-refractivity contribution is -0.120. The van der Waals surface area contributed by atoms with E-state index in [4.69, 9.17) is 9.47 Å². The fourth-order valence-electron chi connectivity index (χ4n) is 4.71. The van der Waals surface area contributed by atoms with Crippen LogP contribution in [0, 0.1) is 11.8 Å². The second kappa shape index (κ2) is 5.46. The summed E-state index contributed by atoms with van der Waals surface area (Å²) in [6.07, 6.45) is 4.65. The summed E-state index contributed by atoms with van der Waals surface area (Å²) in [7, 11) is -2.05. The molecule has 2 aliphatic carbocycles. The minimum absolute atomic E-state index is 0.253. The SMILES string of the molecule is COc1ccccc1S(=O)(=O)N1CCOC2(CC3CCC2C3)C1. The number of morpholine rings is 1. The van der Waals surface area contributed by atoms with Gasteiger partial charge in [0.05, 0.1) is 19.3 Å². The van der Waals surface area contributed by atoms with Crippen LogP contribution in [0.5, 0.6) is 5.75 Å². The van der Waals surface area contributed by atoms with Gasteiger partial charge in [-0.1, -0.05) is 12.1 Å². The highest BCUT2D eigenvalue weighted by atomic mass is 32.2. The van der Waals surface area contributed by atoms with Crippen LogP contribution in [-0.4, -0.2) is 45.1 Å². The van der Waals surface area contributed by atoms with Crippen LogP contribution in [-0.2, 0) is 14.8 Å². The molecular weight excluding hydrogens is 314 g/mol. The summed E-state index contributed by atoms with van der Waals surface area (Å²) in [5, 5.41) is 0. The standard InChI is InChI=1S/C17H23NO4S/c1-21-15-4-2-3-5-16(15)23(19,20)18-8-9-22-17(12-18)11-13-6-7-14(17)10-13/h2-5,13-14H,6-12H2,1H3. The second-order valence-electron chi connectivity index (χ2n) is 6.98. The molecule has 1 spiro atoms. The first-order valence-corrected chi connectivity index (χ1v) is 9.76. The molecule has 3 fully saturated rings. The van der Waals surface area contributed by atoms with Crippen molar-refractivity contribution >= 4 is 10.0 Å². The Morgan fingerprint density at radius 1 is 1.30 bits per heavy atom. The van der Waals surface area contributed by atoms with Crippen molar-refractivity contribution in [2.75, 3.05) is 26.8 Å². The van der Waals surface area contributed by atoms with E-state index in [9.17, 15) is 8.42 Å². The van der Waals surface area contributed by atoms with Crippen molar-refractivity contribution in [2.45, 2.75) is 36.2 Å². The van der Waals surface area contributed by atoms with Crippen LogP contribution in [0.3, 0.4) is 0 Å². The lowest BCUT2D eigenvalue weighted by Crippen LogP contribution is -2.56. The van der Waals surface area contributed by atoms with E-state index in [1.54, 1.807) is 28.6 Å². The van der Waals surface area contributed by atoms with E-state index >= 15 is 0 Å². The van der Waals surface area contributed by atoms with Gasteiger partial charge in [-0.25, -0.2) is 8.42 Å². The number of fused-ring (bicyclic) bond motifs is 3. The van der Waals surface area contributed by atoms with Crippen LogP contribution in [0.15, 0.2) is 29.2 Å². The van der Waals surface area contributed by atoms with Crippen molar-refractivity contribution in [2.24, 2.45) is 11.8 Å². The molecule has 1 saturated heterocycles. The molecule has 1 aromatic carbocycles. The first-order valence-electron chi connectivity index (χ1n) is 8.32. The van der Waals surface area contributed by atoms with Gasteiger partial charge in [0.1, 0.15) is 10.6 Å². The van der Waals surface area contributed by atoms with Gasteiger partial charge in [0, 0.05) is 13.1 Å². The Balaban J connectivity index is 1.64. The maximum absolute atomic E-state index is 13.1. The highest BCUT2D eigenvalue weighted by molar-refractivity contribution is 7.89. The minimum Gasteiger partial charge on any atom is -0.495 e. The largest absolute Gasteiger partial charge is 0.495 e. The van der Waals surface area contributed by atoms with Crippen molar-refractivity contribution in [1.82, 2.24) is 4.31 Å². The van der Waals surface area contributed by atoms with E-state index in [0.717, 1.165) is 6.42 Å². The molecule has 6 heteroatoms. The van der Waals surface area contributed by atoms with Gasteiger partial charge in [0.15, 0.2) is 0 Å². The van der Waals surface area contributed by atoms with Crippen LogP contribution < -0.4 is 4.74 Å². The van der Waals surface area contributed by atoms with Crippen molar-refractivity contribution in [3.05, 3.63) is 24.3 Å². The number of ether oxygens (including phenoxy) is 2. The number of methoxy groups -OCH3 is 1. The van der Waals surface area contributed by atoms with Gasteiger partial charge >= 0.3 is 0 Å². The molecule has 23 heavy (non-hydrogen) atoms. The predicted octanol–water partition coefficient (Wildman–Crippen LogP) is 2.27. The Kier molecular flexibility index (Phi) is 3.66. The third-order valence-electron chi connectivity index (χ3n) is 5.78. The molecule has 4 rings (SSSR count). The molecule has 1 heterocycles. The summed E-state index contributed by atoms with van der Waals surface area (Å²) >= 11 is 0. The first-order chi connectivity index (χ1) is 11.0. The average molecular weight is 337 g/mol. The summed E-state index contributed by atoms with van der Waals surface area (Å²) in [5.74, 6) is 1.64. The van der Waals surface area contributed by atoms with Crippen molar-refractivity contribution < 1.29 is 17.9 Å². The lowest BCUT2D eigenvalue weighted by atomic mass is 9.83.